The summed E-state index contributed by atoms with van der Waals surface area (Å²) in [5.74, 6) is 5.22. The average Bonchev–Trinajstić information content (AvgIpc) is 2.49. The highest BCUT2D eigenvalue weighted by atomic mass is 16.6. The molecular weight excluding hydrogens is 180 g/mol. The molecule has 1 saturated carbocycles. The molecule has 1 aliphatic carbocycles. The fourth-order valence-corrected chi connectivity index (χ4v) is 1.76. The van der Waals surface area contributed by atoms with E-state index in [1.165, 1.54) is 0 Å². The van der Waals surface area contributed by atoms with Gasteiger partial charge in [-0.2, -0.15) is 0 Å². The molecule has 0 aromatic rings. The van der Waals surface area contributed by atoms with E-state index in [1.807, 2.05) is 20.8 Å². The third-order valence-electron chi connectivity index (χ3n) is 2.52. The first-order valence-electron chi connectivity index (χ1n) is 5.11. The summed E-state index contributed by atoms with van der Waals surface area (Å²) < 4.78 is 5.33. The Kier molecular flexibility index (Phi) is 3.17. The second-order valence-corrected chi connectivity index (χ2v) is 4.94. The maximum absolute atomic E-state index is 11.8. The summed E-state index contributed by atoms with van der Waals surface area (Å²) in [5.41, 5.74) is 1.55. The number of nitrogens with one attached hydrogen (secondary N) is 1. The van der Waals surface area contributed by atoms with E-state index >= 15 is 0 Å². The van der Waals surface area contributed by atoms with E-state index < -0.39 is 11.1 Å². The summed E-state index contributed by atoms with van der Waals surface area (Å²) >= 11 is 0. The molecule has 1 aliphatic rings. The number of esters is 1. The number of hydrogen-bond donors (Lipinski definition) is 2. The van der Waals surface area contributed by atoms with Crippen LogP contribution in [0.15, 0.2) is 0 Å². The second kappa shape index (κ2) is 3.87. The Labute approximate surface area is 85.2 Å². The molecule has 14 heavy (non-hydrogen) atoms. The SMILES string of the molecule is CC(C)(C)OC(=O)C1(NN)CCCC1. The van der Waals surface area contributed by atoms with Crippen molar-refractivity contribution in [1.29, 1.82) is 0 Å². The van der Waals surface area contributed by atoms with E-state index in [9.17, 15) is 4.79 Å². The molecule has 0 saturated heterocycles. The van der Waals surface area contributed by atoms with Gasteiger partial charge in [0.05, 0.1) is 0 Å². The van der Waals surface area contributed by atoms with E-state index in [0.717, 1.165) is 25.7 Å². The van der Waals surface area contributed by atoms with Crippen molar-refractivity contribution in [2.75, 3.05) is 0 Å². The lowest BCUT2D eigenvalue weighted by molar-refractivity contribution is -0.163. The highest BCUT2D eigenvalue weighted by Gasteiger charge is 2.43. The van der Waals surface area contributed by atoms with Crippen molar-refractivity contribution in [1.82, 2.24) is 5.43 Å². The van der Waals surface area contributed by atoms with E-state index in [4.69, 9.17) is 10.6 Å². The smallest absolute Gasteiger partial charge is 0.328 e. The molecule has 82 valence electrons. The summed E-state index contributed by atoms with van der Waals surface area (Å²) in [6.07, 6.45) is 3.61. The topological polar surface area (TPSA) is 64.3 Å². The van der Waals surface area contributed by atoms with Gasteiger partial charge >= 0.3 is 5.97 Å². The van der Waals surface area contributed by atoms with Gasteiger partial charge in [-0.05, 0) is 33.6 Å². The summed E-state index contributed by atoms with van der Waals surface area (Å²) in [7, 11) is 0. The van der Waals surface area contributed by atoms with Crippen LogP contribution in [0.1, 0.15) is 46.5 Å². The molecule has 0 spiro atoms. The maximum Gasteiger partial charge on any atom is 0.328 e. The van der Waals surface area contributed by atoms with Crippen LogP contribution in [-0.2, 0) is 9.53 Å². The minimum absolute atomic E-state index is 0.218. The fraction of sp³-hybridized carbons (Fsp3) is 0.900. The molecule has 0 heterocycles. The number of hydrogen-bond acceptors (Lipinski definition) is 4. The van der Waals surface area contributed by atoms with Crippen molar-refractivity contribution in [3.05, 3.63) is 0 Å². The first kappa shape index (κ1) is 11.5. The van der Waals surface area contributed by atoms with Crippen LogP contribution in [0.4, 0.5) is 0 Å². The van der Waals surface area contributed by atoms with Gasteiger partial charge in [0.25, 0.3) is 0 Å². The molecule has 0 unspecified atom stereocenters. The highest BCUT2D eigenvalue weighted by molar-refractivity contribution is 5.81. The van der Waals surface area contributed by atoms with Crippen molar-refractivity contribution in [3.63, 3.8) is 0 Å². The lowest BCUT2D eigenvalue weighted by atomic mass is 9.98. The average molecular weight is 200 g/mol. The molecule has 0 aromatic carbocycles. The zero-order valence-electron chi connectivity index (χ0n) is 9.22. The number of hydrazine groups is 1. The van der Waals surface area contributed by atoms with Gasteiger partial charge in [-0.25, -0.2) is 10.2 Å². The number of carbonyl (C=O) groups excluding carboxylic acids is 1. The van der Waals surface area contributed by atoms with Crippen molar-refractivity contribution in [2.24, 2.45) is 5.84 Å². The van der Waals surface area contributed by atoms with Crippen LogP contribution in [0.25, 0.3) is 0 Å². The minimum atomic E-state index is -0.632. The highest BCUT2D eigenvalue weighted by Crippen LogP contribution is 2.31. The predicted octanol–water partition coefficient (Wildman–Crippen LogP) is 1.10. The van der Waals surface area contributed by atoms with Crippen LogP contribution in [0.5, 0.6) is 0 Å². The number of carbonyl (C=O) groups is 1. The molecule has 0 bridgehead atoms. The van der Waals surface area contributed by atoms with E-state index in [0.29, 0.717) is 0 Å². The lowest BCUT2D eigenvalue weighted by Gasteiger charge is -2.30. The molecule has 0 amide bonds. The Balaban J connectivity index is 2.66. The number of ether oxygens (including phenoxy) is 1. The first-order valence-corrected chi connectivity index (χ1v) is 5.11. The van der Waals surface area contributed by atoms with Crippen LogP contribution in [0, 0.1) is 0 Å². The fourth-order valence-electron chi connectivity index (χ4n) is 1.76. The third-order valence-corrected chi connectivity index (χ3v) is 2.52. The van der Waals surface area contributed by atoms with Gasteiger partial charge in [-0.1, -0.05) is 12.8 Å². The summed E-state index contributed by atoms with van der Waals surface area (Å²) in [5, 5.41) is 0. The van der Waals surface area contributed by atoms with Crippen molar-refractivity contribution in [3.8, 4) is 0 Å². The Bertz CT molecular complexity index is 215. The van der Waals surface area contributed by atoms with Gasteiger partial charge in [0, 0.05) is 0 Å². The van der Waals surface area contributed by atoms with Crippen LogP contribution in [0.2, 0.25) is 0 Å². The maximum atomic E-state index is 11.8. The molecule has 0 atom stereocenters. The van der Waals surface area contributed by atoms with Gasteiger partial charge in [-0.3, -0.25) is 5.84 Å². The zero-order valence-corrected chi connectivity index (χ0v) is 9.22. The number of nitrogens with two attached hydrogens (primary N) is 1. The van der Waals surface area contributed by atoms with Crippen LogP contribution >= 0.6 is 0 Å². The third kappa shape index (κ3) is 2.45. The molecule has 4 heteroatoms. The van der Waals surface area contributed by atoms with Gasteiger partial charge in [-0.15, -0.1) is 0 Å². The molecule has 1 fully saturated rings. The molecular formula is C10H20N2O2. The summed E-state index contributed by atoms with van der Waals surface area (Å²) in [6.45, 7) is 5.60. The Morgan fingerprint density at radius 2 is 1.86 bits per heavy atom. The predicted molar refractivity (Wildman–Crippen MR) is 54.4 cm³/mol. The largest absolute Gasteiger partial charge is 0.459 e. The van der Waals surface area contributed by atoms with Gasteiger partial charge < -0.3 is 4.74 Å². The first-order chi connectivity index (χ1) is 6.40. The Hall–Kier alpha value is -0.610. The van der Waals surface area contributed by atoms with Crippen LogP contribution in [0.3, 0.4) is 0 Å². The molecule has 0 radical (unpaired) electrons. The van der Waals surface area contributed by atoms with Crippen LogP contribution < -0.4 is 11.3 Å². The Morgan fingerprint density at radius 1 is 1.36 bits per heavy atom. The van der Waals surface area contributed by atoms with Crippen molar-refractivity contribution < 1.29 is 9.53 Å². The monoisotopic (exact) mass is 200 g/mol. The summed E-state index contributed by atoms with van der Waals surface area (Å²) in [6, 6.07) is 0. The molecule has 0 aliphatic heterocycles. The van der Waals surface area contributed by atoms with Gasteiger partial charge in [0.2, 0.25) is 0 Å². The molecule has 4 nitrogen and oxygen atoms in total. The molecule has 0 aromatic heterocycles. The molecule has 1 rings (SSSR count). The normalized spacial score (nSPS) is 20.9. The lowest BCUT2D eigenvalue weighted by Crippen LogP contribution is -2.55. The summed E-state index contributed by atoms with van der Waals surface area (Å²) in [4.78, 5) is 11.8. The van der Waals surface area contributed by atoms with Crippen molar-refractivity contribution in [2.45, 2.75) is 57.6 Å². The van der Waals surface area contributed by atoms with E-state index in [-0.39, 0.29) is 5.97 Å². The quantitative estimate of drug-likeness (QED) is 0.398. The zero-order chi connectivity index (χ0) is 10.8. The van der Waals surface area contributed by atoms with E-state index in [1.54, 1.807) is 0 Å². The van der Waals surface area contributed by atoms with Gasteiger partial charge in [0.1, 0.15) is 11.1 Å². The van der Waals surface area contributed by atoms with Crippen LogP contribution in [-0.4, -0.2) is 17.1 Å². The van der Waals surface area contributed by atoms with Crippen molar-refractivity contribution >= 4 is 5.97 Å². The number of rotatable bonds is 2. The standard InChI is InChI=1S/C10H20N2O2/c1-9(2,3)14-8(13)10(12-11)6-4-5-7-10/h12H,4-7,11H2,1-3H3. The molecule has 3 N–H and O–H groups in total. The van der Waals surface area contributed by atoms with Gasteiger partial charge in [0.15, 0.2) is 0 Å². The van der Waals surface area contributed by atoms with E-state index in [2.05, 4.69) is 5.43 Å². The second-order valence-electron chi connectivity index (χ2n) is 4.94. The Morgan fingerprint density at radius 3 is 2.21 bits per heavy atom. The minimum Gasteiger partial charge on any atom is -0.459 e.